The van der Waals surface area contributed by atoms with Crippen LogP contribution >= 0.6 is 0 Å². The van der Waals surface area contributed by atoms with Crippen LogP contribution in [-0.4, -0.2) is 30.3 Å². The Morgan fingerprint density at radius 2 is 2.08 bits per heavy atom. The first-order valence-electron chi connectivity index (χ1n) is 9.02. The highest BCUT2D eigenvalue weighted by molar-refractivity contribution is 7.83. The van der Waals surface area contributed by atoms with Crippen molar-refractivity contribution >= 4 is 11.0 Å². The molecule has 3 unspecified atom stereocenters. The summed E-state index contributed by atoms with van der Waals surface area (Å²) < 4.78 is 15.0. The Morgan fingerprint density at radius 3 is 2.80 bits per heavy atom. The largest absolute Gasteiger partial charge is 0.341 e. The van der Waals surface area contributed by atoms with Gasteiger partial charge in [0.25, 0.3) is 0 Å². The minimum atomic E-state index is -1.03. The Hall–Kier alpha value is -1.72. The number of hydrogen-bond acceptors (Lipinski definition) is 2. The minimum Gasteiger partial charge on any atom is -0.341 e. The molecule has 0 aliphatic carbocycles. The van der Waals surface area contributed by atoms with Gasteiger partial charge in [0.15, 0.2) is 0 Å². The molecule has 1 aromatic heterocycles. The van der Waals surface area contributed by atoms with Crippen LogP contribution in [0.5, 0.6) is 0 Å². The number of aromatic amines is 1. The molecular formula is C20H27N3OS. The lowest BCUT2D eigenvalue weighted by atomic mass is 10.0. The van der Waals surface area contributed by atoms with Gasteiger partial charge in [-0.1, -0.05) is 48.4 Å². The molecule has 25 heavy (non-hydrogen) atoms. The second-order valence-electron chi connectivity index (χ2n) is 6.71. The molecule has 1 saturated heterocycles. The standard InChI is InChI=1S/C20H27N3OS/c1-4-7-16(3)25(24)23-13-6-5-8-19(23)20-21-14-18(22-20)17-11-9-15(2)10-12-17/h4,7,9-12,14,16,19H,5-6,8,13H2,1-3H3,(H,21,22)/b7-4+. The molecule has 0 saturated carbocycles. The lowest BCUT2D eigenvalue weighted by Gasteiger charge is -2.34. The molecule has 0 bridgehead atoms. The van der Waals surface area contributed by atoms with Crippen molar-refractivity contribution in [3.63, 3.8) is 0 Å². The number of nitrogens with one attached hydrogen (secondary N) is 1. The van der Waals surface area contributed by atoms with E-state index in [-0.39, 0.29) is 11.3 Å². The van der Waals surface area contributed by atoms with E-state index < -0.39 is 11.0 Å². The number of rotatable bonds is 5. The molecule has 3 rings (SSSR count). The van der Waals surface area contributed by atoms with Gasteiger partial charge >= 0.3 is 0 Å². The van der Waals surface area contributed by atoms with Crippen molar-refractivity contribution in [1.29, 1.82) is 0 Å². The van der Waals surface area contributed by atoms with Crippen molar-refractivity contribution in [2.24, 2.45) is 0 Å². The minimum absolute atomic E-state index is 0.0251. The number of imidazole rings is 1. The molecule has 1 fully saturated rings. The van der Waals surface area contributed by atoms with E-state index in [0.29, 0.717) is 0 Å². The summed E-state index contributed by atoms with van der Waals surface area (Å²) >= 11 is 0. The van der Waals surface area contributed by atoms with E-state index in [4.69, 9.17) is 0 Å². The SMILES string of the molecule is C/C=C/C(C)S(=O)N1CCCCC1c1ncc(-c2ccc(C)cc2)[nH]1. The zero-order chi connectivity index (χ0) is 17.8. The zero-order valence-electron chi connectivity index (χ0n) is 15.2. The summed E-state index contributed by atoms with van der Waals surface area (Å²) in [5.41, 5.74) is 3.40. The van der Waals surface area contributed by atoms with Gasteiger partial charge in [-0.15, -0.1) is 0 Å². The van der Waals surface area contributed by atoms with Gasteiger partial charge in [-0.05, 0) is 39.2 Å². The van der Waals surface area contributed by atoms with E-state index in [2.05, 4.69) is 45.5 Å². The number of piperidine rings is 1. The molecule has 2 aromatic rings. The zero-order valence-corrected chi connectivity index (χ0v) is 16.1. The Labute approximate surface area is 153 Å². The van der Waals surface area contributed by atoms with E-state index in [1.54, 1.807) is 0 Å². The number of aromatic nitrogens is 2. The van der Waals surface area contributed by atoms with E-state index in [0.717, 1.165) is 42.9 Å². The normalized spacial score (nSPS) is 21.5. The van der Waals surface area contributed by atoms with Gasteiger partial charge in [0.2, 0.25) is 0 Å². The average Bonchev–Trinajstić information content (AvgIpc) is 3.12. The smallest absolute Gasteiger partial charge is 0.124 e. The number of aryl methyl sites for hydroxylation is 1. The number of H-pyrrole nitrogens is 1. The van der Waals surface area contributed by atoms with Crippen LogP contribution in [0.1, 0.15) is 50.5 Å². The maximum Gasteiger partial charge on any atom is 0.124 e. The summed E-state index contributed by atoms with van der Waals surface area (Å²) in [6.45, 7) is 6.94. The van der Waals surface area contributed by atoms with Gasteiger partial charge < -0.3 is 4.98 Å². The van der Waals surface area contributed by atoms with Crippen LogP contribution in [0.3, 0.4) is 0 Å². The van der Waals surface area contributed by atoms with E-state index in [1.165, 1.54) is 5.56 Å². The molecule has 2 heterocycles. The first-order chi connectivity index (χ1) is 12.1. The molecule has 4 nitrogen and oxygen atoms in total. The highest BCUT2D eigenvalue weighted by Gasteiger charge is 2.31. The van der Waals surface area contributed by atoms with Gasteiger partial charge in [0, 0.05) is 6.54 Å². The number of hydrogen-bond donors (Lipinski definition) is 1. The molecule has 134 valence electrons. The molecular weight excluding hydrogens is 330 g/mol. The van der Waals surface area contributed by atoms with Gasteiger partial charge in [-0.3, -0.25) is 0 Å². The van der Waals surface area contributed by atoms with Crippen molar-refractivity contribution in [1.82, 2.24) is 14.3 Å². The van der Waals surface area contributed by atoms with Gasteiger partial charge in [-0.2, -0.15) is 0 Å². The van der Waals surface area contributed by atoms with Gasteiger partial charge in [0.1, 0.15) is 16.8 Å². The van der Waals surface area contributed by atoms with Crippen LogP contribution in [0.15, 0.2) is 42.6 Å². The van der Waals surface area contributed by atoms with Gasteiger partial charge in [-0.25, -0.2) is 13.5 Å². The fourth-order valence-electron chi connectivity index (χ4n) is 3.33. The first kappa shape index (κ1) is 18.1. The predicted molar refractivity (Wildman–Crippen MR) is 104 cm³/mol. The fraction of sp³-hybridized carbons (Fsp3) is 0.450. The summed E-state index contributed by atoms with van der Waals surface area (Å²) in [5, 5.41) is 0.0251. The monoisotopic (exact) mass is 357 g/mol. The molecule has 0 spiro atoms. The summed E-state index contributed by atoms with van der Waals surface area (Å²) in [6, 6.07) is 8.53. The second kappa shape index (κ2) is 8.11. The Balaban J connectivity index is 1.83. The molecule has 0 amide bonds. The fourth-order valence-corrected chi connectivity index (χ4v) is 4.82. The molecule has 5 heteroatoms. The molecule has 1 aliphatic heterocycles. The molecule has 0 radical (unpaired) electrons. The maximum atomic E-state index is 12.9. The van der Waals surface area contributed by atoms with Crippen molar-refractivity contribution in [2.45, 2.75) is 51.3 Å². The van der Waals surface area contributed by atoms with Crippen LogP contribution in [0.4, 0.5) is 0 Å². The van der Waals surface area contributed by atoms with Crippen LogP contribution in [0, 0.1) is 6.92 Å². The third-order valence-electron chi connectivity index (χ3n) is 4.74. The summed E-state index contributed by atoms with van der Waals surface area (Å²) in [7, 11) is -1.03. The molecule has 3 atom stereocenters. The van der Waals surface area contributed by atoms with Crippen molar-refractivity contribution in [2.75, 3.05) is 6.54 Å². The number of benzene rings is 1. The topological polar surface area (TPSA) is 49.0 Å². The third-order valence-corrected chi connectivity index (χ3v) is 6.43. The third kappa shape index (κ3) is 4.10. The maximum absolute atomic E-state index is 12.9. The Bertz CT molecular complexity index is 751. The lowest BCUT2D eigenvalue weighted by Crippen LogP contribution is -2.38. The highest BCUT2D eigenvalue weighted by Crippen LogP contribution is 2.32. The highest BCUT2D eigenvalue weighted by atomic mass is 32.2. The average molecular weight is 358 g/mol. The summed E-state index contributed by atoms with van der Waals surface area (Å²) in [6.07, 6.45) is 9.12. The number of nitrogens with zero attached hydrogens (tertiary/aromatic N) is 2. The Morgan fingerprint density at radius 1 is 1.32 bits per heavy atom. The van der Waals surface area contributed by atoms with Gasteiger partial charge in [0.05, 0.1) is 23.2 Å². The quantitative estimate of drug-likeness (QED) is 0.799. The van der Waals surface area contributed by atoms with Crippen LogP contribution in [0.2, 0.25) is 0 Å². The summed E-state index contributed by atoms with van der Waals surface area (Å²) in [5.74, 6) is 0.927. The van der Waals surface area contributed by atoms with Crippen LogP contribution < -0.4 is 0 Å². The first-order valence-corrected chi connectivity index (χ1v) is 10.2. The van der Waals surface area contributed by atoms with E-state index >= 15 is 0 Å². The predicted octanol–water partition coefficient (Wildman–Crippen LogP) is 4.54. The van der Waals surface area contributed by atoms with E-state index in [1.807, 2.05) is 32.2 Å². The van der Waals surface area contributed by atoms with Crippen molar-refractivity contribution in [3.05, 3.63) is 54.0 Å². The molecule has 1 N–H and O–H groups in total. The molecule has 1 aliphatic rings. The Kier molecular flexibility index (Phi) is 5.86. The van der Waals surface area contributed by atoms with Crippen LogP contribution in [0.25, 0.3) is 11.3 Å². The van der Waals surface area contributed by atoms with Crippen molar-refractivity contribution < 1.29 is 4.21 Å². The summed E-state index contributed by atoms with van der Waals surface area (Å²) in [4.78, 5) is 8.10. The van der Waals surface area contributed by atoms with Crippen molar-refractivity contribution in [3.8, 4) is 11.3 Å². The second-order valence-corrected chi connectivity index (χ2v) is 8.47. The number of allylic oxidation sites excluding steroid dienone is 1. The lowest BCUT2D eigenvalue weighted by molar-refractivity contribution is 0.258. The van der Waals surface area contributed by atoms with E-state index in [9.17, 15) is 4.21 Å². The van der Waals surface area contributed by atoms with Crippen LogP contribution in [-0.2, 0) is 11.0 Å². The molecule has 1 aromatic carbocycles.